The number of hydrogen-bond acceptors (Lipinski definition) is 4. The molecule has 0 fully saturated rings. The highest BCUT2D eigenvalue weighted by atomic mass is 16.2. The van der Waals surface area contributed by atoms with Crippen LogP contribution in [0.2, 0.25) is 0 Å². The Morgan fingerprint density at radius 2 is 1.97 bits per heavy atom. The second-order valence-electron chi connectivity index (χ2n) is 6.48. The van der Waals surface area contributed by atoms with Crippen molar-refractivity contribution in [2.75, 3.05) is 7.05 Å². The number of carbonyl (C=O) groups excluding carboxylic acids is 1. The van der Waals surface area contributed by atoms with Crippen LogP contribution >= 0.6 is 0 Å². The molecule has 0 saturated carbocycles. The molecule has 0 aliphatic carbocycles. The average Bonchev–Trinajstić information content (AvgIpc) is 3.19. The summed E-state index contributed by atoms with van der Waals surface area (Å²) in [6.45, 7) is 0.448. The minimum absolute atomic E-state index is 0.282. The summed E-state index contributed by atoms with van der Waals surface area (Å²) in [5.74, 6) is 0. The summed E-state index contributed by atoms with van der Waals surface area (Å²) in [4.78, 5) is 20.8. The van der Waals surface area contributed by atoms with Crippen molar-refractivity contribution in [1.29, 1.82) is 0 Å². The first-order valence-electron chi connectivity index (χ1n) is 9.18. The van der Waals surface area contributed by atoms with Crippen LogP contribution < -0.4 is 5.32 Å². The largest absolute Gasteiger partial charge is 0.337 e. The van der Waals surface area contributed by atoms with Gasteiger partial charge in [0.05, 0.1) is 18.1 Å². The summed E-state index contributed by atoms with van der Waals surface area (Å²) in [6, 6.07) is 17.3. The molecule has 1 aromatic carbocycles. The van der Waals surface area contributed by atoms with Crippen LogP contribution in [0.15, 0.2) is 84.5 Å². The number of carbonyl (C=O) groups is 1. The van der Waals surface area contributed by atoms with E-state index in [9.17, 15) is 4.79 Å². The zero-order chi connectivity index (χ0) is 20.1. The zero-order valence-electron chi connectivity index (χ0n) is 15.9. The van der Waals surface area contributed by atoms with Crippen molar-refractivity contribution in [3.63, 3.8) is 0 Å². The lowest BCUT2D eigenvalue weighted by atomic mass is 10.1. The molecule has 4 aromatic rings. The van der Waals surface area contributed by atoms with E-state index in [2.05, 4.69) is 20.4 Å². The van der Waals surface area contributed by atoms with Gasteiger partial charge in [0, 0.05) is 43.3 Å². The van der Waals surface area contributed by atoms with Crippen LogP contribution in [0.5, 0.6) is 0 Å². The summed E-state index contributed by atoms with van der Waals surface area (Å²) in [5.41, 5.74) is 4.64. The molecule has 2 amide bonds. The fraction of sp³-hybridized carbons (Fsp3) is 0.0909. The number of hydrazone groups is 1. The molecule has 0 aliphatic rings. The lowest BCUT2D eigenvalue weighted by Gasteiger charge is -2.12. The quantitative estimate of drug-likeness (QED) is 0.422. The molecule has 0 spiro atoms. The van der Waals surface area contributed by atoms with Gasteiger partial charge in [-0.1, -0.05) is 36.4 Å². The number of imidazole rings is 1. The molecule has 0 aliphatic heterocycles. The van der Waals surface area contributed by atoms with Crippen molar-refractivity contribution in [3.05, 3.63) is 90.6 Å². The fourth-order valence-electron chi connectivity index (χ4n) is 2.89. The highest BCUT2D eigenvalue weighted by Crippen LogP contribution is 2.19. The Hall–Kier alpha value is -4.00. The van der Waals surface area contributed by atoms with Crippen LogP contribution in [0, 0.1) is 0 Å². The van der Waals surface area contributed by atoms with Gasteiger partial charge in [0.25, 0.3) is 0 Å². The van der Waals surface area contributed by atoms with Gasteiger partial charge < -0.3 is 5.32 Å². The lowest BCUT2D eigenvalue weighted by molar-refractivity contribution is 0.210. The third-order valence-electron chi connectivity index (χ3n) is 4.47. The van der Waals surface area contributed by atoms with Crippen LogP contribution in [0.3, 0.4) is 0 Å². The first-order valence-corrected chi connectivity index (χ1v) is 9.18. The van der Waals surface area contributed by atoms with Crippen LogP contribution in [-0.2, 0) is 6.54 Å². The second-order valence-corrected chi connectivity index (χ2v) is 6.48. The Morgan fingerprint density at radius 1 is 1.10 bits per heavy atom. The maximum atomic E-state index is 12.3. The molecule has 29 heavy (non-hydrogen) atoms. The third kappa shape index (κ3) is 4.30. The molecular weight excluding hydrogens is 364 g/mol. The summed E-state index contributed by atoms with van der Waals surface area (Å²) in [7, 11) is 1.61. The SMILES string of the molecule is CN(N=Cc1cnc2ccc(-c3cccnc3)cn12)C(=O)NCc1ccccc1. The van der Waals surface area contributed by atoms with Crippen LogP contribution in [0.25, 0.3) is 16.8 Å². The molecule has 0 atom stereocenters. The predicted molar refractivity (Wildman–Crippen MR) is 112 cm³/mol. The van der Waals surface area contributed by atoms with E-state index in [-0.39, 0.29) is 6.03 Å². The molecule has 7 nitrogen and oxygen atoms in total. The first kappa shape index (κ1) is 18.4. The predicted octanol–water partition coefficient (Wildman–Crippen LogP) is 3.57. The molecule has 0 radical (unpaired) electrons. The Labute approximate surface area is 168 Å². The monoisotopic (exact) mass is 384 g/mol. The molecule has 0 bridgehead atoms. The lowest BCUT2D eigenvalue weighted by Crippen LogP contribution is -2.33. The van der Waals surface area contributed by atoms with Crippen molar-refractivity contribution in [2.24, 2.45) is 5.10 Å². The number of amides is 2. The van der Waals surface area contributed by atoms with E-state index in [1.807, 2.05) is 71.4 Å². The number of nitrogens with zero attached hydrogens (tertiary/aromatic N) is 5. The number of aromatic nitrogens is 3. The summed E-state index contributed by atoms with van der Waals surface area (Å²) < 4.78 is 1.93. The van der Waals surface area contributed by atoms with Crippen LogP contribution in [0.1, 0.15) is 11.3 Å². The van der Waals surface area contributed by atoms with Gasteiger partial charge in [-0.05, 0) is 23.8 Å². The maximum Gasteiger partial charge on any atom is 0.337 e. The Kier molecular flexibility index (Phi) is 5.29. The highest BCUT2D eigenvalue weighted by Gasteiger charge is 2.08. The highest BCUT2D eigenvalue weighted by molar-refractivity contribution is 5.81. The zero-order valence-corrected chi connectivity index (χ0v) is 15.9. The molecule has 0 saturated heterocycles. The fourth-order valence-corrected chi connectivity index (χ4v) is 2.89. The van der Waals surface area contributed by atoms with Gasteiger partial charge in [-0.25, -0.2) is 14.8 Å². The van der Waals surface area contributed by atoms with E-state index in [1.165, 1.54) is 5.01 Å². The van der Waals surface area contributed by atoms with E-state index in [0.717, 1.165) is 28.0 Å². The minimum Gasteiger partial charge on any atom is -0.332 e. The van der Waals surface area contributed by atoms with E-state index in [4.69, 9.17) is 0 Å². The maximum absolute atomic E-state index is 12.3. The van der Waals surface area contributed by atoms with Crippen molar-refractivity contribution < 1.29 is 4.79 Å². The molecule has 3 heterocycles. The molecule has 1 N–H and O–H groups in total. The Balaban J connectivity index is 1.48. The number of fused-ring (bicyclic) bond motifs is 1. The van der Waals surface area contributed by atoms with Gasteiger partial charge in [-0.15, -0.1) is 0 Å². The van der Waals surface area contributed by atoms with Crippen molar-refractivity contribution in [3.8, 4) is 11.1 Å². The van der Waals surface area contributed by atoms with Crippen LogP contribution in [-0.4, -0.2) is 38.7 Å². The summed E-state index contributed by atoms with van der Waals surface area (Å²) in [5, 5.41) is 8.37. The van der Waals surface area contributed by atoms with Gasteiger partial charge in [0.2, 0.25) is 0 Å². The van der Waals surface area contributed by atoms with Crippen molar-refractivity contribution >= 4 is 17.9 Å². The molecule has 4 rings (SSSR count). The number of rotatable bonds is 5. The topological polar surface area (TPSA) is 74.9 Å². The summed E-state index contributed by atoms with van der Waals surface area (Å²) >= 11 is 0. The number of urea groups is 1. The van der Waals surface area contributed by atoms with Gasteiger partial charge in [-0.2, -0.15) is 5.10 Å². The smallest absolute Gasteiger partial charge is 0.332 e. The van der Waals surface area contributed by atoms with Gasteiger partial charge in [-0.3, -0.25) is 9.38 Å². The molecule has 7 heteroatoms. The average molecular weight is 384 g/mol. The molecular formula is C22H20N6O. The van der Waals surface area contributed by atoms with E-state index >= 15 is 0 Å². The van der Waals surface area contributed by atoms with E-state index in [1.54, 1.807) is 25.7 Å². The number of hydrogen-bond donors (Lipinski definition) is 1. The third-order valence-corrected chi connectivity index (χ3v) is 4.47. The molecule has 144 valence electrons. The normalized spacial score (nSPS) is 11.1. The number of pyridine rings is 2. The van der Waals surface area contributed by atoms with E-state index in [0.29, 0.717) is 6.54 Å². The Bertz CT molecular complexity index is 1140. The second kappa shape index (κ2) is 8.35. The summed E-state index contributed by atoms with van der Waals surface area (Å²) in [6.07, 6.45) is 8.89. The standard InChI is InChI=1S/C22H20N6O/c1-27(22(29)25-12-17-6-3-2-4-7-17)26-15-20-14-24-21-10-9-19(16-28(20)21)18-8-5-11-23-13-18/h2-11,13-16H,12H2,1H3,(H,25,29). The number of nitrogens with one attached hydrogen (secondary N) is 1. The van der Waals surface area contributed by atoms with Gasteiger partial charge >= 0.3 is 6.03 Å². The molecule has 3 aromatic heterocycles. The molecule has 0 unspecified atom stereocenters. The number of benzene rings is 1. The van der Waals surface area contributed by atoms with Crippen LogP contribution in [0.4, 0.5) is 4.79 Å². The van der Waals surface area contributed by atoms with Crippen molar-refractivity contribution in [1.82, 2.24) is 24.7 Å². The van der Waals surface area contributed by atoms with Gasteiger partial charge in [0.1, 0.15) is 5.65 Å². The Morgan fingerprint density at radius 3 is 2.76 bits per heavy atom. The first-order chi connectivity index (χ1) is 14.2. The van der Waals surface area contributed by atoms with Gasteiger partial charge in [0.15, 0.2) is 0 Å². The van der Waals surface area contributed by atoms with E-state index < -0.39 is 0 Å². The minimum atomic E-state index is -0.282. The van der Waals surface area contributed by atoms with Crippen molar-refractivity contribution in [2.45, 2.75) is 6.54 Å².